The van der Waals surface area contributed by atoms with Gasteiger partial charge < -0.3 is 19.6 Å². The highest BCUT2D eigenvalue weighted by molar-refractivity contribution is 5.94. The summed E-state index contributed by atoms with van der Waals surface area (Å²) >= 11 is 0. The second kappa shape index (κ2) is 5.40. The first-order valence-corrected chi connectivity index (χ1v) is 6.58. The lowest BCUT2D eigenvalue weighted by atomic mass is 10.2. The molecule has 0 atom stereocenters. The van der Waals surface area contributed by atoms with Crippen LogP contribution in [0.4, 0.5) is 0 Å². The van der Waals surface area contributed by atoms with E-state index in [2.05, 4.69) is 9.97 Å². The first-order valence-electron chi connectivity index (χ1n) is 6.58. The molecule has 6 heteroatoms. The fourth-order valence-corrected chi connectivity index (χ4v) is 2.23. The van der Waals surface area contributed by atoms with Crippen LogP contribution in [-0.4, -0.2) is 35.3 Å². The lowest BCUT2D eigenvalue weighted by molar-refractivity contribution is 0.0601. The van der Waals surface area contributed by atoms with Gasteiger partial charge in [-0.3, -0.25) is 0 Å². The number of imidazole rings is 1. The molecule has 112 valence electrons. The fourth-order valence-electron chi connectivity index (χ4n) is 2.23. The van der Waals surface area contributed by atoms with Crippen LogP contribution in [0.25, 0.3) is 22.4 Å². The lowest BCUT2D eigenvalue weighted by Crippen LogP contribution is -2.00. The molecule has 0 spiro atoms. The number of phenolic OH excluding ortho intramolecular Hbond substituents is 1. The minimum Gasteiger partial charge on any atom is -0.504 e. The van der Waals surface area contributed by atoms with Gasteiger partial charge in [0.2, 0.25) is 0 Å². The van der Waals surface area contributed by atoms with Crippen molar-refractivity contribution in [1.82, 2.24) is 9.97 Å². The van der Waals surface area contributed by atoms with E-state index in [1.807, 2.05) is 0 Å². The summed E-state index contributed by atoms with van der Waals surface area (Å²) in [6.07, 6.45) is 0. The summed E-state index contributed by atoms with van der Waals surface area (Å²) in [5.74, 6) is 0.624. The highest BCUT2D eigenvalue weighted by atomic mass is 16.5. The van der Waals surface area contributed by atoms with Crippen LogP contribution < -0.4 is 4.74 Å². The van der Waals surface area contributed by atoms with Gasteiger partial charge in [-0.2, -0.15) is 0 Å². The van der Waals surface area contributed by atoms with E-state index in [1.54, 1.807) is 36.4 Å². The Morgan fingerprint density at radius 3 is 2.68 bits per heavy atom. The molecule has 0 radical (unpaired) electrons. The number of rotatable bonds is 3. The third-order valence-electron chi connectivity index (χ3n) is 3.36. The van der Waals surface area contributed by atoms with Crippen molar-refractivity contribution in [2.45, 2.75) is 0 Å². The Hall–Kier alpha value is -3.02. The summed E-state index contributed by atoms with van der Waals surface area (Å²) in [4.78, 5) is 19.1. The maximum absolute atomic E-state index is 11.5. The second-order valence-corrected chi connectivity index (χ2v) is 4.70. The Morgan fingerprint density at radius 2 is 2.00 bits per heavy atom. The monoisotopic (exact) mass is 298 g/mol. The number of H-pyrrole nitrogens is 1. The lowest BCUT2D eigenvalue weighted by Gasteiger charge is -2.04. The van der Waals surface area contributed by atoms with Gasteiger partial charge in [0, 0.05) is 5.56 Å². The van der Waals surface area contributed by atoms with Crippen LogP contribution in [0.15, 0.2) is 36.4 Å². The number of fused-ring (bicyclic) bond motifs is 1. The third kappa shape index (κ3) is 2.35. The predicted molar refractivity (Wildman–Crippen MR) is 81.1 cm³/mol. The van der Waals surface area contributed by atoms with Gasteiger partial charge >= 0.3 is 5.97 Å². The molecule has 2 N–H and O–H groups in total. The molecular weight excluding hydrogens is 284 g/mol. The number of aromatic nitrogens is 2. The van der Waals surface area contributed by atoms with Gasteiger partial charge in [0.15, 0.2) is 11.5 Å². The standard InChI is InChI=1S/C16H14N2O4/c1-21-14-6-4-9(8-13(14)19)15-17-11-5-3-10(16(20)22-2)7-12(11)18-15/h3-8,19H,1-2H3,(H,17,18). The van der Waals surface area contributed by atoms with Crippen LogP contribution in [-0.2, 0) is 4.74 Å². The molecule has 0 saturated heterocycles. The molecule has 22 heavy (non-hydrogen) atoms. The highest BCUT2D eigenvalue weighted by Gasteiger charge is 2.11. The molecule has 0 aliphatic heterocycles. The van der Waals surface area contributed by atoms with E-state index >= 15 is 0 Å². The SMILES string of the molecule is COC(=O)c1ccc2nc(-c3ccc(OC)c(O)c3)[nH]c2c1. The highest BCUT2D eigenvalue weighted by Crippen LogP contribution is 2.31. The number of hydrogen-bond donors (Lipinski definition) is 2. The van der Waals surface area contributed by atoms with Crippen LogP contribution in [0.2, 0.25) is 0 Å². The molecule has 0 amide bonds. The number of aromatic amines is 1. The van der Waals surface area contributed by atoms with Crippen molar-refractivity contribution in [1.29, 1.82) is 0 Å². The summed E-state index contributed by atoms with van der Waals surface area (Å²) in [7, 11) is 2.83. The van der Waals surface area contributed by atoms with Crippen LogP contribution in [0.1, 0.15) is 10.4 Å². The summed E-state index contributed by atoms with van der Waals surface area (Å²) < 4.78 is 9.71. The molecular formula is C16H14N2O4. The first kappa shape index (κ1) is 13.9. The minimum absolute atomic E-state index is 0.0377. The molecule has 1 aromatic heterocycles. The average Bonchev–Trinajstić information content (AvgIpc) is 2.97. The molecule has 0 fully saturated rings. The Balaban J connectivity index is 2.05. The number of hydrogen-bond acceptors (Lipinski definition) is 5. The zero-order valence-electron chi connectivity index (χ0n) is 12.1. The zero-order valence-corrected chi connectivity index (χ0v) is 12.1. The van der Waals surface area contributed by atoms with Gasteiger partial charge in [-0.05, 0) is 36.4 Å². The van der Waals surface area contributed by atoms with Gasteiger partial charge in [-0.15, -0.1) is 0 Å². The van der Waals surface area contributed by atoms with E-state index in [1.165, 1.54) is 14.2 Å². The zero-order chi connectivity index (χ0) is 15.7. The van der Waals surface area contributed by atoms with Crippen molar-refractivity contribution in [3.63, 3.8) is 0 Å². The van der Waals surface area contributed by atoms with Crippen LogP contribution in [0.3, 0.4) is 0 Å². The van der Waals surface area contributed by atoms with Crippen molar-refractivity contribution in [3.05, 3.63) is 42.0 Å². The van der Waals surface area contributed by atoms with Gasteiger partial charge in [0.05, 0.1) is 30.8 Å². The maximum Gasteiger partial charge on any atom is 0.337 e. The summed E-state index contributed by atoms with van der Waals surface area (Å²) in [5.41, 5.74) is 2.60. The fraction of sp³-hybridized carbons (Fsp3) is 0.125. The summed E-state index contributed by atoms with van der Waals surface area (Å²) in [5, 5.41) is 9.85. The molecule has 1 heterocycles. The minimum atomic E-state index is -0.403. The number of ether oxygens (including phenoxy) is 2. The number of phenols is 1. The topological polar surface area (TPSA) is 84.4 Å². The molecule has 0 aliphatic carbocycles. The van der Waals surface area contributed by atoms with Crippen LogP contribution in [0.5, 0.6) is 11.5 Å². The van der Waals surface area contributed by atoms with Crippen molar-refractivity contribution >= 4 is 17.0 Å². The number of nitrogens with zero attached hydrogens (tertiary/aromatic N) is 1. The Labute approximate surface area is 126 Å². The van der Waals surface area contributed by atoms with Crippen LogP contribution >= 0.6 is 0 Å². The maximum atomic E-state index is 11.5. The number of nitrogens with one attached hydrogen (secondary N) is 1. The average molecular weight is 298 g/mol. The van der Waals surface area contributed by atoms with Crippen molar-refractivity contribution in [2.24, 2.45) is 0 Å². The van der Waals surface area contributed by atoms with Crippen molar-refractivity contribution < 1.29 is 19.4 Å². The molecule has 6 nitrogen and oxygen atoms in total. The Bertz CT molecular complexity index is 854. The molecule has 0 saturated carbocycles. The molecule has 0 aliphatic rings. The van der Waals surface area contributed by atoms with E-state index in [4.69, 9.17) is 9.47 Å². The molecule has 2 aromatic carbocycles. The van der Waals surface area contributed by atoms with Crippen molar-refractivity contribution in [3.8, 4) is 22.9 Å². The molecule has 0 unspecified atom stereocenters. The Kier molecular flexibility index (Phi) is 3.42. The Morgan fingerprint density at radius 1 is 1.18 bits per heavy atom. The number of carbonyl (C=O) groups excluding carboxylic acids is 1. The molecule has 0 bridgehead atoms. The van der Waals surface area contributed by atoms with E-state index < -0.39 is 5.97 Å². The number of carbonyl (C=O) groups is 1. The second-order valence-electron chi connectivity index (χ2n) is 4.70. The van der Waals surface area contributed by atoms with Crippen molar-refractivity contribution in [2.75, 3.05) is 14.2 Å². The normalized spacial score (nSPS) is 10.6. The summed E-state index contributed by atoms with van der Waals surface area (Å²) in [6, 6.07) is 10.1. The largest absolute Gasteiger partial charge is 0.504 e. The van der Waals surface area contributed by atoms with E-state index in [0.717, 1.165) is 5.52 Å². The quantitative estimate of drug-likeness (QED) is 0.726. The number of methoxy groups -OCH3 is 2. The van der Waals surface area contributed by atoms with E-state index in [9.17, 15) is 9.90 Å². The summed E-state index contributed by atoms with van der Waals surface area (Å²) in [6.45, 7) is 0. The van der Waals surface area contributed by atoms with Gasteiger partial charge in [-0.25, -0.2) is 9.78 Å². The third-order valence-corrected chi connectivity index (χ3v) is 3.36. The van der Waals surface area contributed by atoms with Gasteiger partial charge in [0.25, 0.3) is 0 Å². The predicted octanol–water partition coefficient (Wildman–Crippen LogP) is 2.73. The van der Waals surface area contributed by atoms with Gasteiger partial charge in [0.1, 0.15) is 5.82 Å². The molecule has 3 rings (SSSR count). The smallest absolute Gasteiger partial charge is 0.337 e. The van der Waals surface area contributed by atoms with Gasteiger partial charge in [-0.1, -0.05) is 0 Å². The van der Waals surface area contributed by atoms with E-state index in [-0.39, 0.29) is 5.75 Å². The molecule has 3 aromatic rings. The number of aromatic hydroxyl groups is 1. The first-order chi connectivity index (χ1) is 10.6. The van der Waals surface area contributed by atoms with E-state index in [0.29, 0.717) is 28.2 Å². The van der Waals surface area contributed by atoms with Crippen LogP contribution in [0, 0.1) is 0 Å². The number of benzene rings is 2. The number of esters is 1.